The molecule has 0 radical (unpaired) electrons. The predicted molar refractivity (Wildman–Crippen MR) is 61.6 cm³/mol. The van der Waals surface area contributed by atoms with Crippen molar-refractivity contribution < 1.29 is 9.90 Å². The quantitative estimate of drug-likeness (QED) is 0.818. The molecule has 0 aliphatic rings. The van der Waals surface area contributed by atoms with Crippen molar-refractivity contribution >= 4 is 28.8 Å². The lowest BCUT2D eigenvalue weighted by Gasteiger charge is -2.03. The van der Waals surface area contributed by atoms with E-state index in [1.807, 2.05) is 17.6 Å². The molecule has 0 aromatic carbocycles. The first-order chi connectivity index (χ1) is 7.72. The van der Waals surface area contributed by atoms with E-state index in [9.17, 15) is 4.79 Å². The summed E-state index contributed by atoms with van der Waals surface area (Å²) in [7, 11) is 0. The van der Waals surface area contributed by atoms with Crippen LogP contribution in [0.25, 0.3) is 11.0 Å². The Kier molecular flexibility index (Phi) is 3.09. The van der Waals surface area contributed by atoms with Crippen LogP contribution in [0.4, 0.5) is 0 Å². The molecule has 0 aliphatic heterocycles. The Morgan fingerprint density at radius 1 is 1.62 bits per heavy atom. The van der Waals surface area contributed by atoms with Gasteiger partial charge in [0.15, 0.2) is 5.16 Å². The van der Waals surface area contributed by atoms with E-state index >= 15 is 0 Å². The largest absolute Gasteiger partial charge is 0.481 e. The molecule has 2 rings (SSSR count). The van der Waals surface area contributed by atoms with Gasteiger partial charge in [0.2, 0.25) is 0 Å². The maximum absolute atomic E-state index is 10.5. The fraction of sp³-hybridized carbons (Fsp3) is 0.300. The number of rotatable bonds is 4. The number of aryl methyl sites for hydroxylation is 1. The number of aliphatic carboxylic acids is 1. The smallest absolute Gasteiger partial charge is 0.313 e. The molecule has 5 nitrogen and oxygen atoms in total. The summed E-state index contributed by atoms with van der Waals surface area (Å²) in [6.07, 6.45) is 3.40. The zero-order chi connectivity index (χ0) is 11.5. The van der Waals surface area contributed by atoms with E-state index in [1.54, 1.807) is 12.4 Å². The Balaban J connectivity index is 2.40. The number of carboxylic acids is 1. The van der Waals surface area contributed by atoms with Crippen LogP contribution in [-0.2, 0) is 11.3 Å². The van der Waals surface area contributed by atoms with E-state index in [2.05, 4.69) is 9.97 Å². The number of hydrogen-bond acceptors (Lipinski definition) is 4. The zero-order valence-corrected chi connectivity index (χ0v) is 9.57. The maximum atomic E-state index is 10.5. The molecule has 0 fully saturated rings. The van der Waals surface area contributed by atoms with Crippen molar-refractivity contribution in [2.75, 3.05) is 5.75 Å². The Hall–Kier alpha value is -1.56. The molecule has 16 heavy (non-hydrogen) atoms. The number of carboxylic acid groups (broad SMARTS) is 1. The van der Waals surface area contributed by atoms with Gasteiger partial charge in [-0.1, -0.05) is 11.8 Å². The van der Waals surface area contributed by atoms with Crippen molar-refractivity contribution in [3.8, 4) is 0 Å². The lowest BCUT2D eigenvalue weighted by atomic mass is 10.4. The molecule has 1 N–H and O–H groups in total. The van der Waals surface area contributed by atoms with Crippen molar-refractivity contribution in [1.29, 1.82) is 0 Å². The van der Waals surface area contributed by atoms with Gasteiger partial charge in [-0.25, -0.2) is 4.98 Å². The zero-order valence-electron chi connectivity index (χ0n) is 8.75. The molecule has 2 aromatic heterocycles. The molecule has 0 amide bonds. The number of carbonyl (C=O) groups is 1. The third-order valence-electron chi connectivity index (χ3n) is 2.16. The summed E-state index contributed by atoms with van der Waals surface area (Å²) < 4.78 is 1.99. The number of fused-ring (bicyclic) bond motifs is 1. The van der Waals surface area contributed by atoms with Crippen molar-refractivity contribution in [1.82, 2.24) is 14.5 Å². The van der Waals surface area contributed by atoms with Crippen molar-refractivity contribution in [3.05, 3.63) is 18.5 Å². The van der Waals surface area contributed by atoms with E-state index in [-0.39, 0.29) is 5.75 Å². The number of hydrogen-bond donors (Lipinski definition) is 1. The summed E-state index contributed by atoms with van der Waals surface area (Å²) in [6.45, 7) is 2.77. The molecule has 0 saturated heterocycles. The van der Waals surface area contributed by atoms with E-state index in [0.717, 1.165) is 22.7 Å². The second-order valence-electron chi connectivity index (χ2n) is 3.19. The summed E-state index contributed by atoms with van der Waals surface area (Å²) in [5.41, 5.74) is 1.79. The standard InChI is InChI=1S/C10H11N3O2S/c1-2-13-8-3-4-11-5-7(8)12-10(13)16-6-9(14)15/h3-5H,2,6H2,1H3,(H,14,15). The van der Waals surface area contributed by atoms with Crippen molar-refractivity contribution in [2.45, 2.75) is 18.6 Å². The highest BCUT2D eigenvalue weighted by Gasteiger charge is 2.10. The first-order valence-corrected chi connectivity index (χ1v) is 5.85. The van der Waals surface area contributed by atoms with E-state index in [0.29, 0.717) is 0 Å². The van der Waals surface area contributed by atoms with Crippen LogP contribution in [0.2, 0.25) is 0 Å². The SMILES string of the molecule is CCn1c(SCC(=O)O)nc2cnccc21. The lowest BCUT2D eigenvalue weighted by Crippen LogP contribution is -2.01. The van der Waals surface area contributed by atoms with Crippen LogP contribution in [0.1, 0.15) is 6.92 Å². The minimum atomic E-state index is -0.835. The highest BCUT2D eigenvalue weighted by Crippen LogP contribution is 2.23. The van der Waals surface area contributed by atoms with Gasteiger partial charge in [0.05, 0.1) is 17.5 Å². The summed E-state index contributed by atoms with van der Waals surface area (Å²) >= 11 is 1.23. The third-order valence-corrected chi connectivity index (χ3v) is 3.12. The second-order valence-corrected chi connectivity index (χ2v) is 4.13. The number of thioether (sulfide) groups is 1. The number of aromatic nitrogens is 3. The van der Waals surface area contributed by atoms with Crippen LogP contribution >= 0.6 is 11.8 Å². The van der Waals surface area contributed by atoms with Crippen LogP contribution in [-0.4, -0.2) is 31.4 Å². The molecule has 2 aromatic rings. The van der Waals surface area contributed by atoms with Crippen LogP contribution in [0.15, 0.2) is 23.6 Å². The molecular formula is C10H11N3O2S. The van der Waals surface area contributed by atoms with Gasteiger partial charge >= 0.3 is 5.97 Å². The second kappa shape index (κ2) is 4.52. The summed E-state index contributed by atoms with van der Waals surface area (Å²) in [5.74, 6) is -0.811. The highest BCUT2D eigenvalue weighted by atomic mass is 32.2. The van der Waals surface area contributed by atoms with E-state index < -0.39 is 5.97 Å². The first kappa shape index (κ1) is 10.9. The summed E-state index contributed by atoms with van der Waals surface area (Å²) in [4.78, 5) is 18.9. The van der Waals surface area contributed by atoms with Crippen LogP contribution in [0.5, 0.6) is 0 Å². The van der Waals surface area contributed by atoms with Crippen LogP contribution < -0.4 is 0 Å². The molecule has 0 unspecified atom stereocenters. The number of imidazole rings is 1. The van der Waals surface area contributed by atoms with Crippen LogP contribution in [0, 0.1) is 0 Å². The first-order valence-electron chi connectivity index (χ1n) is 4.87. The predicted octanol–water partition coefficient (Wildman–Crippen LogP) is 1.63. The molecule has 0 bridgehead atoms. The average molecular weight is 237 g/mol. The van der Waals surface area contributed by atoms with Gasteiger partial charge < -0.3 is 9.67 Å². The number of nitrogens with zero attached hydrogens (tertiary/aromatic N) is 3. The van der Waals surface area contributed by atoms with Gasteiger partial charge in [-0.05, 0) is 13.0 Å². The lowest BCUT2D eigenvalue weighted by molar-refractivity contribution is -0.133. The van der Waals surface area contributed by atoms with Gasteiger partial charge in [0.1, 0.15) is 5.52 Å². The van der Waals surface area contributed by atoms with Gasteiger partial charge in [0, 0.05) is 12.7 Å². The molecule has 84 valence electrons. The fourth-order valence-electron chi connectivity index (χ4n) is 1.50. The van der Waals surface area contributed by atoms with Crippen molar-refractivity contribution in [2.24, 2.45) is 0 Å². The molecule has 0 spiro atoms. The topological polar surface area (TPSA) is 68.0 Å². The van der Waals surface area contributed by atoms with Crippen molar-refractivity contribution in [3.63, 3.8) is 0 Å². The molecular weight excluding hydrogens is 226 g/mol. The molecule has 0 saturated carbocycles. The average Bonchev–Trinajstić information content (AvgIpc) is 2.63. The molecule has 0 atom stereocenters. The Labute approximate surface area is 96.5 Å². The van der Waals surface area contributed by atoms with Gasteiger partial charge in [-0.15, -0.1) is 0 Å². The monoisotopic (exact) mass is 237 g/mol. The fourth-order valence-corrected chi connectivity index (χ4v) is 2.30. The Morgan fingerprint density at radius 2 is 2.44 bits per heavy atom. The summed E-state index contributed by atoms with van der Waals surface area (Å²) in [5, 5.41) is 9.37. The third kappa shape index (κ3) is 2.01. The summed E-state index contributed by atoms with van der Waals surface area (Å²) in [6, 6.07) is 1.89. The molecule has 0 aliphatic carbocycles. The van der Waals surface area contributed by atoms with Gasteiger partial charge in [-0.3, -0.25) is 9.78 Å². The van der Waals surface area contributed by atoms with Gasteiger partial charge in [-0.2, -0.15) is 0 Å². The van der Waals surface area contributed by atoms with E-state index in [1.165, 1.54) is 11.8 Å². The van der Waals surface area contributed by atoms with Gasteiger partial charge in [0.25, 0.3) is 0 Å². The normalized spacial score (nSPS) is 10.8. The minimum absolute atomic E-state index is 0.0246. The number of pyridine rings is 1. The molecule has 2 heterocycles. The highest BCUT2D eigenvalue weighted by molar-refractivity contribution is 7.99. The Bertz CT molecular complexity index is 524. The van der Waals surface area contributed by atoms with Crippen LogP contribution in [0.3, 0.4) is 0 Å². The maximum Gasteiger partial charge on any atom is 0.313 e. The Morgan fingerprint density at radius 3 is 3.12 bits per heavy atom. The minimum Gasteiger partial charge on any atom is -0.481 e. The molecule has 6 heteroatoms. The van der Waals surface area contributed by atoms with E-state index in [4.69, 9.17) is 5.11 Å².